The number of nitrogens with zero attached hydrogens (tertiary/aromatic N) is 10. The molecule has 0 fully saturated rings. The van der Waals surface area contributed by atoms with Crippen LogP contribution in [0.3, 0.4) is 0 Å². The zero-order valence-electron chi connectivity index (χ0n) is 48.8. The summed E-state index contributed by atoms with van der Waals surface area (Å²) in [7, 11) is 21.4. The van der Waals surface area contributed by atoms with Gasteiger partial charge >= 0.3 is 0 Å². The van der Waals surface area contributed by atoms with E-state index in [9.17, 15) is 0 Å². The van der Waals surface area contributed by atoms with Gasteiger partial charge < -0.3 is 34.2 Å². The Kier molecular flexibility index (Phi) is 26.4. The second-order valence-corrected chi connectivity index (χ2v) is 39.8. The highest BCUT2D eigenvalue weighted by Crippen LogP contribution is 2.42. The largest absolute Gasteiger partial charge is 0.496 e. The van der Waals surface area contributed by atoms with Crippen molar-refractivity contribution in [3.63, 3.8) is 0 Å². The van der Waals surface area contributed by atoms with Crippen LogP contribution in [0.5, 0.6) is 11.5 Å². The lowest BCUT2D eigenvalue weighted by Gasteiger charge is -2.12. The lowest BCUT2D eigenvalue weighted by Crippen LogP contribution is -2.09. The molecule has 31 heteroatoms. The minimum atomic E-state index is 0. The molecule has 0 aliphatic carbocycles. The van der Waals surface area contributed by atoms with Crippen molar-refractivity contribution in [3.8, 4) is 33.8 Å². The van der Waals surface area contributed by atoms with Crippen molar-refractivity contribution in [2.24, 2.45) is 0 Å². The number of rotatable bonds is 10. The van der Waals surface area contributed by atoms with Gasteiger partial charge in [-0.2, -0.15) is 10.2 Å². The molecule has 0 aliphatic heterocycles. The van der Waals surface area contributed by atoms with E-state index in [0.717, 1.165) is 129 Å². The molecule has 0 saturated heterocycles. The van der Waals surface area contributed by atoms with Crippen LogP contribution in [0.4, 0.5) is 5.82 Å². The molecule has 0 bridgehead atoms. The maximum atomic E-state index is 6.33. The molecular formula is C54H68ClN13O4S13. The fourth-order valence-electron chi connectivity index (χ4n) is 9.21. The van der Waals surface area contributed by atoms with E-state index >= 15 is 0 Å². The molecule has 0 atom stereocenters. The number of anilines is 1. The summed E-state index contributed by atoms with van der Waals surface area (Å²) in [4.78, 5) is 25.1. The van der Waals surface area contributed by atoms with Crippen molar-refractivity contribution in [2.45, 2.75) is 135 Å². The summed E-state index contributed by atoms with van der Waals surface area (Å²) in [5.74, 6) is 5.91. The Balaban J connectivity index is 0.000000200. The van der Waals surface area contributed by atoms with Crippen molar-refractivity contribution in [2.75, 3.05) is 20.0 Å². The fraction of sp³-hybridized carbons (Fsp3) is 0.407. The first kappa shape index (κ1) is 69.7. The minimum absolute atomic E-state index is 0. The molecule has 0 aliphatic rings. The van der Waals surface area contributed by atoms with Crippen molar-refractivity contribution in [1.82, 2.24) is 59.8 Å². The first-order valence-electron chi connectivity index (χ1n) is 25.9. The second kappa shape index (κ2) is 32.2. The molecule has 0 spiro atoms. The molecule has 10 rings (SSSR count). The molecular weight excluding hydrogens is 1350 g/mol. The van der Waals surface area contributed by atoms with E-state index in [1.54, 1.807) is 94.1 Å². The van der Waals surface area contributed by atoms with Gasteiger partial charge in [-0.3, -0.25) is 4.68 Å². The fourth-order valence-corrected chi connectivity index (χ4v) is 34.2. The Morgan fingerprint density at radius 1 is 0.576 bits per heavy atom. The number of fused-ring (bicyclic) bond motifs is 6. The summed E-state index contributed by atoms with van der Waals surface area (Å²) < 4.78 is 26.1. The number of nitrogens with two attached hydrogens (primary N) is 1. The van der Waals surface area contributed by atoms with Crippen LogP contribution < -0.4 is 15.2 Å². The monoisotopic (exact) mass is 1410 g/mol. The van der Waals surface area contributed by atoms with Crippen LogP contribution in [-0.2, 0) is 126 Å². The molecule has 0 unspecified atom stereocenters. The van der Waals surface area contributed by atoms with Crippen LogP contribution in [-0.4, -0.2) is 74.0 Å². The third-order valence-electron chi connectivity index (χ3n) is 12.8. The standard InChI is InChI=1S/C27H32N6O2.C17H15ClN4O2.C9H17N3.CH4.S13/c1-13(2)21-9-18(33(31-21)14(3)4)10-23-26-19-12-24(34-8)20(25-15(5)32-35-16(25)6)11-22(19)30-27(26)29-17(7)28-23;1-7-14(8(2)24-22-7)11-5-12-10(6-13(11)23-4)15-16(18)19-9(3)20-17(15)21-12;1-6(2)8-5-9(10)12(11-8)7(3)4;;1-3-5-7-9-11-13-12-10-8-6-4-2/h9,11-14H,10H2,1-8H3,(H,28,29,30);5-6H,1-4H3,(H,19,20,21);5-7H,10H2,1-4H3;1H4;. The highest BCUT2D eigenvalue weighted by Gasteiger charge is 2.24. The van der Waals surface area contributed by atoms with Gasteiger partial charge in [-0.05, 0) is 111 Å². The first-order valence-corrected chi connectivity index (χ1v) is 42.3. The molecule has 0 radical (unpaired) electrons. The predicted octanol–water partition coefficient (Wildman–Crippen LogP) is 13.3. The van der Waals surface area contributed by atoms with Crippen LogP contribution in [0.2, 0.25) is 5.15 Å². The maximum absolute atomic E-state index is 6.33. The molecule has 458 valence electrons. The van der Waals surface area contributed by atoms with Gasteiger partial charge in [0.15, 0.2) is 0 Å². The molecule has 0 saturated carbocycles. The molecule has 10 aromatic rings. The van der Waals surface area contributed by atoms with Gasteiger partial charge in [-0.25, -0.2) is 24.6 Å². The Hall–Kier alpha value is -4.41. The van der Waals surface area contributed by atoms with Crippen molar-refractivity contribution in [3.05, 3.63) is 98.9 Å². The van der Waals surface area contributed by atoms with E-state index in [0.29, 0.717) is 40.9 Å². The number of nitrogens with one attached hydrogen (secondary N) is 2. The Labute approximate surface area is 541 Å². The van der Waals surface area contributed by atoms with Crippen LogP contribution in [0, 0.1) is 41.5 Å². The number of methoxy groups -OCH3 is 2. The number of aryl methyl sites for hydroxylation is 6. The molecule has 8 aromatic heterocycles. The van der Waals surface area contributed by atoms with Crippen LogP contribution in [0.15, 0.2) is 45.4 Å². The molecule has 2 aromatic carbocycles. The number of hydrogen-bond acceptors (Lipinski definition) is 15. The number of aromatic nitrogens is 12. The number of H-pyrrole nitrogens is 2. The highest BCUT2D eigenvalue weighted by atomic mass is 35.5. The lowest BCUT2D eigenvalue weighted by atomic mass is 10.00. The van der Waals surface area contributed by atoms with Gasteiger partial charge in [-0.1, -0.05) is 57.0 Å². The minimum Gasteiger partial charge on any atom is -0.496 e. The molecule has 85 heavy (non-hydrogen) atoms. The lowest BCUT2D eigenvalue weighted by molar-refractivity contribution is 0.393. The summed E-state index contributed by atoms with van der Waals surface area (Å²) in [5, 5.41) is 21.6. The van der Waals surface area contributed by atoms with E-state index < -0.39 is 0 Å². The van der Waals surface area contributed by atoms with E-state index in [1.165, 1.54) is 17.8 Å². The van der Waals surface area contributed by atoms with Gasteiger partial charge in [0, 0.05) is 189 Å². The number of halogens is 1. The topological polar surface area (TPSA) is 215 Å². The van der Waals surface area contributed by atoms with Crippen molar-refractivity contribution in [1.29, 1.82) is 0 Å². The first-order chi connectivity index (χ1) is 40.1. The van der Waals surface area contributed by atoms with E-state index in [1.807, 2.05) is 64.4 Å². The van der Waals surface area contributed by atoms with E-state index in [-0.39, 0.29) is 13.5 Å². The van der Waals surface area contributed by atoms with E-state index in [2.05, 4.69) is 114 Å². The summed E-state index contributed by atoms with van der Waals surface area (Å²) in [6.45, 7) is 28.5. The summed E-state index contributed by atoms with van der Waals surface area (Å²) >= 11 is 15.7. The Morgan fingerprint density at radius 2 is 1.00 bits per heavy atom. The smallest absolute Gasteiger partial charge is 0.143 e. The number of benzene rings is 2. The molecule has 8 heterocycles. The Bertz CT molecular complexity index is 4500. The number of hydrogen-bond donors (Lipinski definition) is 3. The summed E-state index contributed by atoms with van der Waals surface area (Å²) in [6, 6.07) is 12.9. The zero-order chi connectivity index (χ0) is 61.1. The highest BCUT2D eigenvalue weighted by molar-refractivity contribution is 8.75. The SMILES string of the molecule is C.CC(C)c1cc(N)n(C(C)C)n1.COc1cc2c(cc1-c1c(C)noc1C)[nH]c1nc(C)nc(Cc3cc(C(C)C)nn3C(C)C)c12.COc1cc2c(cc1-c1c(C)noc1C)[nH]c1nc(C)nc(Cl)c12.S=S=S=S=S=S=S=S=S=S=S=S=S. The van der Waals surface area contributed by atoms with Crippen LogP contribution in [0.25, 0.3) is 66.1 Å². The third kappa shape index (κ3) is 17.1. The molecule has 4 N–H and O–H groups in total. The average molecular weight is 1420 g/mol. The van der Waals surface area contributed by atoms with Gasteiger partial charge in [0.25, 0.3) is 0 Å². The van der Waals surface area contributed by atoms with Crippen molar-refractivity contribution >= 4 is 181 Å². The molecule has 0 amide bonds. The van der Waals surface area contributed by atoms with Crippen LogP contribution >= 0.6 is 11.6 Å². The maximum Gasteiger partial charge on any atom is 0.143 e. The number of nitrogen functional groups attached to an aromatic ring is 1. The number of aromatic amines is 2. The zero-order valence-corrected chi connectivity index (χ0v) is 60.2. The number of ether oxygens (including phenoxy) is 2. The summed E-state index contributed by atoms with van der Waals surface area (Å²) in [6.07, 6.45) is 0.665. The van der Waals surface area contributed by atoms with Gasteiger partial charge in [0.2, 0.25) is 0 Å². The normalized spacial score (nSPS) is 10.9. The van der Waals surface area contributed by atoms with E-state index in [4.69, 9.17) is 73.3 Å². The molecule has 17 nitrogen and oxygen atoms in total. The Morgan fingerprint density at radius 3 is 1.40 bits per heavy atom. The predicted molar refractivity (Wildman–Crippen MR) is 383 cm³/mol. The quantitative estimate of drug-likeness (QED) is 0.109. The van der Waals surface area contributed by atoms with Crippen molar-refractivity contribution < 1.29 is 18.5 Å². The van der Waals surface area contributed by atoms with Gasteiger partial charge in [-0.15, -0.1) is 0 Å². The van der Waals surface area contributed by atoms with Gasteiger partial charge in [0.05, 0.1) is 59.2 Å². The third-order valence-corrected chi connectivity index (χ3v) is 35.3. The summed E-state index contributed by atoms with van der Waals surface area (Å²) in [5.41, 5.74) is 18.9. The van der Waals surface area contributed by atoms with Gasteiger partial charge in [0.1, 0.15) is 56.9 Å². The van der Waals surface area contributed by atoms with Crippen LogP contribution in [0.1, 0.15) is 144 Å². The second-order valence-electron chi connectivity index (χ2n) is 19.9. The average Bonchev–Trinajstić information content (AvgIpc) is 3.26.